The summed E-state index contributed by atoms with van der Waals surface area (Å²) in [6.45, 7) is 2.92. The molecule has 1 aliphatic carbocycles. The third kappa shape index (κ3) is 2.64. The number of carbonyl (C=O) groups is 1. The number of amides is 1. The molecule has 2 N–H and O–H groups in total. The predicted molar refractivity (Wildman–Crippen MR) is 89.9 cm³/mol. The number of nitrogen functional groups attached to an aromatic ring is 1. The molecule has 1 aromatic heterocycles. The van der Waals surface area contributed by atoms with Crippen molar-refractivity contribution in [2.24, 2.45) is 5.92 Å². The standard InChI is InChI=1S/C17H22N2OS/c1-11-6-5-9-13-14(18)16(21-15(11)13)17(20)19(2)10-12-7-3-4-8-12/h5-6,9,12H,3-4,7-8,10,18H2,1-2H3. The Morgan fingerprint density at radius 3 is 2.76 bits per heavy atom. The fraction of sp³-hybridized carbons (Fsp3) is 0.471. The van der Waals surface area contributed by atoms with Crippen LogP contribution in [0.4, 0.5) is 5.69 Å². The maximum absolute atomic E-state index is 12.7. The van der Waals surface area contributed by atoms with E-state index in [4.69, 9.17) is 5.73 Å². The summed E-state index contributed by atoms with van der Waals surface area (Å²) in [6.07, 6.45) is 5.10. The molecule has 0 bridgehead atoms. The lowest BCUT2D eigenvalue weighted by Crippen LogP contribution is -2.31. The third-order valence-corrected chi connectivity index (χ3v) is 5.84. The van der Waals surface area contributed by atoms with Gasteiger partial charge in [-0.15, -0.1) is 11.3 Å². The number of nitrogens with zero attached hydrogens (tertiary/aromatic N) is 1. The van der Waals surface area contributed by atoms with Crippen LogP contribution in [0.25, 0.3) is 10.1 Å². The number of thiophene rings is 1. The first-order valence-electron chi connectivity index (χ1n) is 7.61. The first-order valence-corrected chi connectivity index (χ1v) is 8.42. The molecule has 1 aromatic carbocycles. The number of carbonyl (C=O) groups excluding carboxylic acids is 1. The molecule has 0 spiro atoms. The maximum atomic E-state index is 12.7. The van der Waals surface area contributed by atoms with Gasteiger partial charge in [0.2, 0.25) is 0 Å². The number of fused-ring (bicyclic) bond motifs is 1. The number of aryl methyl sites for hydroxylation is 1. The fourth-order valence-electron chi connectivity index (χ4n) is 3.27. The summed E-state index contributed by atoms with van der Waals surface area (Å²) >= 11 is 1.53. The molecule has 21 heavy (non-hydrogen) atoms. The Bertz CT molecular complexity index is 671. The molecular weight excluding hydrogens is 280 g/mol. The van der Waals surface area contributed by atoms with Crippen molar-refractivity contribution in [1.82, 2.24) is 4.90 Å². The fourth-order valence-corrected chi connectivity index (χ4v) is 4.46. The highest BCUT2D eigenvalue weighted by molar-refractivity contribution is 7.21. The van der Waals surface area contributed by atoms with Gasteiger partial charge in [0.05, 0.1) is 5.69 Å². The smallest absolute Gasteiger partial charge is 0.265 e. The topological polar surface area (TPSA) is 46.3 Å². The van der Waals surface area contributed by atoms with Gasteiger partial charge in [0.1, 0.15) is 4.88 Å². The first-order chi connectivity index (χ1) is 10.1. The van der Waals surface area contributed by atoms with Gasteiger partial charge < -0.3 is 10.6 Å². The van der Waals surface area contributed by atoms with E-state index in [9.17, 15) is 4.79 Å². The van der Waals surface area contributed by atoms with Crippen molar-refractivity contribution in [2.45, 2.75) is 32.6 Å². The van der Waals surface area contributed by atoms with Crippen LogP contribution in [0.2, 0.25) is 0 Å². The summed E-state index contributed by atoms with van der Waals surface area (Å²) in [5.41, 5.74) is 8.04. The largest absolute Gasteiger partial charge is 0.397 e. The molecule has 0 atom stereocenters. The van der Waals surface area contributed by atoms with Gasteiger partial charge >= 0.3 is 0 Å². The van der Waals surface area contributed by atoms with Crippen molar-refractivity contribution >= 4 is 33.0 Å². The molecule has 1 saturated carbocycles. The average Bonchev–Trinajstić information content (AvgIpc) is 3.08. The van der Waals surface area contributed by atoms with E-state index >= 15 is 0 Å². The van der Waals surface area contributed by atoms with Gasteiger partial charge in [-0.05, 0) is 31.2 Å². The highest BCUT2D eigenvalue weighted by Gasteiger charge is 2.23. The minimum atomic E-state index is 0.0694. The van der Waals surface area contributed by atoms with Crippen LogP contribution in [0.15, 0.2) is 18.2 Å². The molecule has 3 nitrogen and oxygen atoms in total. The monoisotopic (exact) mass is 302 g/mol. The van der Waals surface area contributed by atoms with E-state index in [0.29, 0.717) is 16.5 Å². The lowest BCUT2D eigenvalue weighted by atomic mass is 10.1. The summed E-state index contributed by atoms with van der Waals surface area (Å²) in [7, 11) is 1.90. The van der Waals surface area contributed by atoms with Crippen LogP contribution in [-0.4, -0.2) is 24.4 Å². The summed E-state index contributed by atoms with van der Waals surface area (Å²) < 4.78 is 1.13. The van der Waals surface area contributed by atoms with Crippen LogP contribution >= 0.6 is 11.3 Å². The van der Waals surface area contributed by atoms with Crippen LogP contribution < -0.4 is 5.73 Å². The second-order valence-electron chi connectivity index (χ2n) is 6.13. The number of rotatable bonds is 3. The molecule has 2 aromatic rings. The Morgan fingerprint density at radius 1 is 1.38 bits per heavy atom. The van der Waals surface area contributed by atoms with Gasteiger partial charge in [0.15, 0.2) is 0 Å². The Morgan fingerprint density at radius 2 is 2.10 bits per heavy atom. The van der Waals surface area contributed by atoms with Gasteiger partial charge in [0.25, 0.3) is 5.91 Å². The van der Waals surface area contributed by atoms with E-state index in [-0.39, 0.29) is 5.91 Å². The van der Waals surface area contributed by atoms with E-state index in [1.54, 1.807) is 0 Å². The van der Waals surface area contributed by atoms with Crippen molar-refractivity contribution in [3.05, 3.63) is 28.6 Å². The average molecular weight is 302 g/mol. The molecule has 1 amide bonds. The summed E-state index contributed by atoms with van der Waals surface area (Å²) in [5.74, 6) is 0.733. The number of benzene rings is 1. The van der Waals surface area contributed by atoms with Gasteiger partial charge in [-0.25, -0.2) is 0 Å². The highest BCUT2D eigenvalue weighted by Crippen LogP contribution is 2.36. The van der Waals surface area contributed by atoms with E-state index in [1.165, 1.54) is 42.6 Å². The molecular formula is C17H22N2OS. The zero-order valence-corrected chi connectivity index (χ0v) is 13.5. The molecule has 0 radical (unpaired) electrons. The molecule has 0 aliphatic heterocycles. The Balaban J connectivity index is 1.87. The normalized spacial score (nSPS) is 15.7. The quantitative estimate of drug-likeness (QED) is 0.929. The Labute approximate surface area is 129 Å². The molecule has 0 saturated heterocycles. The van der Waals surface area contributed by atoms with Crippen LogP contribution in [0.5, 0.6) is 0 Å². The molecule has 0 unspecified atom stereocenters. The van der Waals surface area contributed by atoms with E-state index in [1.807, 2.05) is 24.1 Å². The van der Waals surface area contributed by atoms with E-state index in [0.717, 1.165) is 16.6 Å². The van der Waals surface area contributed by atoms with Crippen molar-refractivity contribution < 1.29 is 4.79 Å². The summed E-state index contributed by atoms with van der Waals surface area (Å²) in [6, 6.07) is 6.06. The SMILES string of the molecule is Cc1cccc2c(N)c(C(=O)N(C)CC3CCCC3)sc12. The van der Waals surface area contributed by atoms with Crippen LogP contribution in [0.1, 0.15) is 40.9 Å². The van der Waals surface area contributed by atoms with Crippen LogP contribution in [-0.2, 0) is 0 Å². The van der Waals surface area contributed by atoms with Crippen LogP contribution in [0.3, 0.4) is 0 Å². The molecule has 112 valence electrons. The van der Waals surface area contributed by atoms with Gasteiger partial charge in [-0.3, -0.25) is 4.79 Å². The van der Waals surface area contributed by atoms with E-state index < -0.39 is 0 Å². The number of hydrogen-bond acceptors (Lipinski definition) is 3. The zero-order valence-electron chi connectivity index (χ0n) is 12.7. The minimum Gasteiger partial charge on any atom is -0.397 e. The second kappa shape index (κ2) is 5.68. The third-order valence-electron chi connectivity index (χ3n) is 4.50. The van der Waals surface area contributed by atoms with E-state index in [2.05, 4.69) is 13.0 Å². The van der Waals surface area contributed by atoms with Crippen molar-refractivity contribution in [3.63, 3.8) is 0 Å². The highest BCUT2D eigenvalue weighted by atomic mass is 32.1. The lowest BCUT2D eigenvalue weighted by Gasteiger charge is -2.20. The van der Waals surface area contributed by atoms with Crippen molar-refractivity contribution in [1.29, 1.82) is 0 Å². The summed E-state index contributed by atoms with van der Waals surface area (Å²) in [5, 5.41) is 1.01. The molecule has 4 heteroatoms. The number of nitrogens with two attached hydrogens (primary N) is 1. The van der Waals surface area contributed by atoms with Crippen molar-refractivity contribution in [2.75, 3.05) is 19.3 Å². The maximum Gasteiger partial charge on any atom is 0.265 e. The Kier molecular flexibility index (Phi) is 3.89. The van der Waals surface area contributed by atoms with Crippen molar-refractivity contribution in [3.8, 4) is 0 Å². The lowest BCUT2D eigenvalue weighted by molar-refractivity contribution is 0.0779. The number of hydrogen-bond donors (Lipinski definition) is 1. The van der Waals surface area contributed by atoms with Crippen LogP contribution in [0, 0.1) is 12.8 Å². The predicted octanol–water partition coefficient (Wildman–Crippen LogP) is 4.05. The molecule has 1 aliphatic rings. The number of anilines is 1. The minimum absolute atomic E-state index is 0.0694. The Hall–Kier alpha value is -1.55. The van der Waals surface area contributed by atoms with Gasteiger partial charge in [-0.1, -0.05) is 31.0 Å². The zero-order chi connectivity index (χ0) is 15.0. The molecule has 3 rings (SSSR count). The first kappa shape index (κ1) is 14.4. The molecule has 1 fully saturated rings. The molecule has 1 heterocycles. The second-order valence-corrected chi connectivity index (χ2v) is 7.15. The van der Waals surface area contributed by atoms with Gasteiger partial charge in [-0.2, -0.15) is 0 Å². The summed E-state index contributed by atoms with van der Waals surface area (Å²) in [4.78, 5) is 15.2. The van der Waals surface area contributed by atoms with Gasteiger partial charge in [0, 0.05) is 23.7 Å².